The van der Waals surface area contributed by atoms with Crippen molar-refractivity contribution in [3.63, 3.8) is 0 Å². The van der Waals surface area contributed by atoms with E-state index >= 15 is 0 Å². The maximum absolute atomic E-state index is 11.5. The summed E-state index contributed by atoms with van der Waals surface area (Å²) >= 11 is 0. The maximum Gasteiger partial charge on any atom is 0.187 e. The summed E-state index contributed by atoms with van der Waals surface area (Å²) in [5.41, 5.74) is -0.453. The normalized spacial score (nSPS) is 17.6. The van der Waals surface area contributed by atoms with Crippen LogP contribution in [0.3, 0.4) is 0 Å². The summed E-state index contributed by atoms with van der Waals surface area (Å²) in [7, 11) is 0. The number of unbranched alkanes of at least 4 members (excludes halogenated alkanes) is 13. The third-order valence-electron chi connectivity index (χ3n) is 6.00. The molecule has 1 saturated heterocycles. The highest BCUT2D eigenvalue weighted by Crippen LogP contribution is 2.29. The van der Waals surface area contributed by atoms with Crippen LogP contribution < -0.4 is 0 Å². The van der Waals surface area contributed by atoms with Crippen LogP contribution in [-0.2, 0) is 19.0 Å². The average Bonchev–Trinajstić information content (AvgIpc) is 2.72. The lowest BCUT2D eigenvalue weighted by Gasteiger charge is -2.38. The second-order valence-electron chi connectivity index (χ2n) is 9.00. The average molecular weight is 413 g/mol. The lowest BCUT2D eigenvalue weighted by atomic mass is 9.95. The summed E-state index contributed by atoms with van der Waals surface area (Å²) in [5.74, 6) is 0.0163. The molecule has 1 atom stereocenters. The molecule has 0 aromatic heterocycles. The van der Waals surface area contributed by atoms with Gasteiger partial charge in [-0.05, 0) is 19.8 Å². The molecule has 1 unspecified atom stereocenters. The Hall–Kier alpha value is -0.450. The molecule has 0 N–H and O–H groups in total. The van der Waals surface area contributed by atoms with Crippen molar-refractivity contribution in [1.29, 1.82) is 0 Å². The monoisotopic (exact) mass is 412 g/mol. The second kappa shape index (κ2) is 17.3. The van der Waals surface area contributed by atoms with E-state index in [-0.39, 0.29) is 19.0 Å². The largest absolute Gasteiger partial charge is 0.370 e. The van der Waals surface area contributed by atoms with Crippen molar-refractivity contribution in [3.8, 4) is 0 Å². The zero-order chi connectivity index (χ0) is 21.2. The molecule has 0 bridgehead atoms. The Balaban J connectivity index is 2.28. The van der Waals surface area contributed by atoms with Gasteiger partial charge in [-0.2, -0.15) is 0 Å². The van der Waals surface area contributed by atoms with E-state index in [0.717, 1.165) is 25.9 Å². The van der Waals surface area contributed by atoms with E-state index in [4.69, 9.17) is 14.2 Å². The molecule has 1 heterocycles. The fourth-order valence-corrected chi connectivity index (χ4v) is 4.01. The first-order valence-corrected chi connectivity index (χ1v) is 12.5. The molecule has 4 nitrogen and oxygen atoms in total. The van der Waals surface area contributed by atoms with Crippen molar-refractivity contribution in [2.75, 3.05) is 19.8 Å². The van der Waals surface area contributed by atoms with Crippen LogP contribution in [0.2, 0.25) is 0 Å². The third kappa shape index (κ3) is 12.8. The first-order chi connectivity index (χ1) is 14.1. The van der Waals surface area contributed by atoms with Gasteiger partial charge < -0.3 is 14.2 Å². The van der Waals surface area contributed by atoms with E-state index in [1.807, 2.05) is 0 Å². The van der Waals surface area contributed by atoms with Gasteiger partial charge in [0, 0.05) is 6.61 Å². The van der Waals surface area contributed by atoms with Gasteiger partial charge in [0.15, 0.2) is 12.1 Å². The van der Waals surface area contributed by atoms with Gasteiger partial charge in [0.05, 0.1) is 0 Å². The van der Waals surface area contributed by atoms with E-state index in [1.165, 1.54) is 83.5 Å². The van der Waals surface area contributed by atoms with Crippen molar-refractivity contribution in [3.05, 3.63) is 0 Å². The molecule has 0 saturated carbocycles. The number of rotatable bonds is 19. The quantitative estimate of drug-likeness (QED) is 0.215. The van der Waals surface area contributed by atoms with E-state index < -0.39 is 11.9 Å². The van der Waals surface area contributed by atoms with Gasteiger partial charge in [-0.15, -0.1) is 0 Å². The Morgan fingerprint density at radius 3 is 1.72 bits per heavy atom. The summed E-state index contributed by atoms with van der Waals surface area (Å²) in [5, 5.41) is 0. The van der Waals surface area contributed by atoms with Crippen LogP contribution in [0.5, 0.6) is 0 Å². The first kappa shape index (κ1) is 26.6. The van der Waals surface area contributed by atoms with Crippen LogP contribution >= 0.6 is 0 Å². The molecular formula is C25H48O4. The highest BCUT2D eigenvalue weighted by molar-refractivity contribution is 5.81. The lowest BCUT2D eigenvalue weighted by Crippen LogP contribution is -2.49. The molecule has 4 heteroatoms. The van der Waals surface area contributed by atoms with Gasteiger partial charge in [0.1, 0.15) is 18.8 Å². The number of hydrogen-bond acceptors (Lipinski definition) is 4. The Labute approximate surface area is 180 Å². The number of hydrogen-bond donors (Lipinski definition) is 0. The van der Waals surface area contributed by atoms with Crippen LogP contribution in [0, 0.1) is 0 Å². The van der Waals surface area contributed by atoms with E-state index in [0.29, 0.717) is 0 Å². The molecule has 1 aliphatic heterocycles. The van der Waals surface area contributed by atoms with E-state index in [9.17, 15) is 4.79 Å². The number of ketones is 1. The molecule has 1 aliphatic rings. The molecule has 0 amide bonds. The Bertz CT molecular complexity index is 388. The predicted octanol–water partition coefficient (Wildman–Crippen LogP) is 6.99. The molecule has 0 spiro atoms. The van der Waals surface area contributed by atoms with Gasteiger partial charge in [-0.25, -0.2) is 0 Å². The summed E-state index contributed by atoms with van der Waals surface area (Å²) in [6.07, 6.45) is 19.8. The Morgan fingerprint density at radius 2 is 1.21 bits per heavy atom. The third-order valence-corrected chi connectivity index (χ3v) is 6.00. The standard InChI is InChI=1S/C25H48O4/c1-4-6-8-10-12-13-14-15-17-19-25(3,24-27-21-23(26)22-28-24)29-20-18-16-11-9-7-5-2/h24H,4-22H2,1-3H3. The zero-order valence-corrected chi connectivity index (χ0v) is 19.6. The van der Waals surface area contributed by atoms with Crippen LogP contribution in [0.1, 0.15) is 124 Å². The van der Waals surface area contributed by atoms with Gasteiger partial charge in [-0.3, -0.25) is 4.79 Å². The van der Waals surface area contributed by atoms with Gasteiger partial charge >= 0.3 is 0 Å². The number of Topliss-reactive ketones (excluding diaryl/α,β-unsaturated/α-hetero) is 1. The summed E-state index contributed by atoms with van der Waals surface area (Å²) in [4.78, 5) is 11.5. The Morgan fingerprint density at radius 1 is 0.759 bits per heavy atom. The van der Waals surface area contributed by atoms with Crippen LogP contribution in [0.4, 0.5) is 0 Å². The summed E-state index contributed by atoms with van der Waals surface area (Å²) < 4.78 is 17.7. The molecule has 29 heavy (non-hydrogen) atoms. The Kier molecular flexibility index (Phi) is 15.8. The predicted molar refractivity (Wildman–Crippen MR) is 120 cm³/mol. The number of carbonyl (C=O) groups excluding carboxylic acids is 1. The highest BCUT2D eigenvalue weighted by atomic mass is 16.7. The second-order valence-corrected chi connectivity index (χ2v) is 9.00. The fraction of sp³-hybridized carbons (Fsp3) is 0.960. The minimum absolute atomic E-state index is 0.0163. The van der Waals surface area contributed by atoms with Crippen LogP contribution in [-0.4, -0.2) is 37.5 Å². The van der Waals surface area contributed by atoms with Crippen molar-refractivity contribution in [1.82, 2.24) is 0 Å². The SMILES string of the molecule is CCCCCCCCCCCC(C)(OCCCCCCCC)C1OCC(=O)CO1. The number of ether oxygens (including phenoxy) is 3. The molecule has 0 aliphatic carbocycles. The van der Waals surface area contributed by atoms with Crippen LogP contribution in [0.15, 0.2) is 0 Å². The van der Waals surface area contributed by atoms with Crippen LogP contribution in [0.25, 0.3) is 0 Å². The van der Waals surface area contributed by atoms with Gasteiger partial charge in [0.2, 0.25) is 0 Å². The maximum atomic E-state index is 11.5. The van der Waals surface area contributed by atoms with Crippen molar-refractivity contribution in [2.24, 2.45) is 0 Å². The lowest BCUT2D eigenvalue weighted by molar-refractivity contribution is -0.262. The fourth-order valence-electron chi connectivity index (χ4n) is 4.01. The summed E-state index contributed by atoms with van der Waals surface area (Å²) in [6.45, 7) is 7.67. The summed E-state index contributed by atoms with van der Waals surface area (Å²) in [6, 6.07) is 0. The highest BCUT2D eigenvalue weighted by Gasteiger charge is 2.39. The van der Waals surface area contributed by atoms with E-state index in [1.54, 1.807) is 0 Å². The van der Waals surface area contributed by atoms with Gasteiger partial charge in [-0.1, -0.05) is 104 Å². The smallest absolute Gasteiger partial charge is 0.187 e. The molecule has 172 valence electrons. The molecule has 0 aromatic rings. The minimum Gasteiger partial charge on any atom is -0.370 e. The van der Waals surface area contributed by atoms with Crippen molar-refractivity contribution >= 4 is 5.78 Å². The number of carbonyl (C=O) groups is 1. The zero-order valence-electron chi connectivity index (χ0n) is 19.6. The van der Waals surface area contributed by atoms with Crippen molar-refractivity contribution < 1.29 is 19.0 Å². The van der Waals surface area contributed by atoms with Gasteiger partial charge in [0.25, 0.3) is 0 Å². The molecule has 1 rings (SSSR count). The molecule has 1 fully saturated rings. The van der Waals surface area contributed by atoms with E-state index in [2.05, 4.69) is 20.8 Å². The van der Waals surface area contributed by atoms with Crippen molar-refractivity contribution in [2.45, 2.75) is 135 Å². The molecular weight excluding hydrogens is 364 g/mol. The first-order valence-electron chi connectivity index (χ1n) is 12.5. The molecule has 0 aromatic carbocycles. The minimum atomic E-state index is -0.453. The topological polar surface area (TPSA) is 44.8 Å². The molecule has 0 radical (unpaired) electrons.